The van der Waals surface area contributed by atoms with Gasteiger partial charge < -0.3 is 14.6 Å². The second-order valence-electron chi connectivity index (χ2n) is 9.01. The van der Waals surface area contributed by atoms with Gasteiger partial charge in [0, 0.05) is 10.0 Å². The van der Waals surface area contributed by atoms with Crippen molar-refractivity contribution in [3.05, 3.63) is 87.9 Å². The number of halogens is 1. The zero-order chi connectivity index (χ0) is 27.5. The Balaban J connectivity index is 1.63. The molecule has 2 heterocycles. The lowest BCUT2D eigenvalue weighted by atomic mass is 9.95. The Hall–Kier alpha value is -3.69. The second kappa shape index (κ2) is 11.6. The van der Waals surface area contributed by atoms with Crippen LogP contribution in [0.25, 0.3) is 16.0 Å². The number of aliphatic hydroxyl groups is 1. The molecule has 0 spiro atoms. The van der Waals surface area contributed by atoms with Crippen molar-refractivity contribution in [2.45, 2.75) is 32.7 Å². The van der Waals surface area contributed by atoms with Gasteiger partial charge in [0.1, 0.15) is 17.3 Å². The molecule has 1 aliphatic heterocycles. The van der Waals surface area contributed by atoms with E-state index >= 15 is 0 Å². The number of aromatic nitrogens is 1. The number of benzene rings is 3. The Morgan fingerprint density at radius 1 is 1.03 bits per heavy atom. The van der Waals surface area contributed by atoms with Gasteiger partial charge in [0.05, 0.1) is 35.0 Å². The number of thiazole rings is 1. The van der Waals surface area contributed by atoms with Gasteiger partial charge in [-0.05, 0) is 61.4 Å². The molecule has 200 valence electrons. The van der Waals surface area contributed by atoms with Gasteiger partial charge in [-0.1, -0.05) is 64.9 Å². The number of aliphatic hydroxyl groups excluding tert-OH is 1. The molecule has 1 atom stereocenters. The average Bonchev–Trinajstić information content (AvgIpc) is 3.46. The summed E-state index contributed by atoms with van der Waals surface area (Å²) in [7, 11) is 0. The molecular formula is C30H27BrN2O5S. The predicted molar refractivity (Wildman–Crippen MR) is 157 cm³/mol. The number of anilines is 1. The molecule has 1 unspecified atom stereocenters. The van der Waals surface area contributed by atoms with Crippen LogP contribution in [0.3, 0.4) is 0 Å². The van der Waals surface area contributed by atoms with E-state index in [1.54, 1.807) is 24.3 Å². The van der Waals surface area contributed by atoms with Crippen molar-refractivity contribution in [2.75, 3.05) is 18.1 Å². The van der Waals surface area contributed by atoms with Gasteiger partial charge in [-0.15, -0.1) is 0 Å². The number of rotatable bonds is 9. The molecular weight excluding hydrogens is 580 g/mol. The van der Waals surface area contributed by atoms with Crippen LogP contribution in [-0.4, -0.2) is 35.0 Å². The molecule has 3 aromatic carbocycles. The van der Waals surface area contributed by atoms with Gasteiger partial charge in [-0.2, -0.15) is 0 Å². The molecule has 1 fully saturated rings. The Morgan fingerprint density at radius 2 is 1.82 bits per heavy atom. The van der Waals surface area contributed by atoms with Crippen molar-refractivity contribution in [2.24, 2.45) is 0 Å². The van der Waals surface area contributed by atoms with Gasteiger partial charge in [0.15, 0.2) is 5.13 Å². The van der Waals surface area contributed by atoms with Crippen LogP contribution in [-0.2, 0) is 9.59 Å². The van der Waals surface area contributed by atoms with Crippen molar-refractivity contribution in [3.8, 4) is 11.5 Å². The monoisotopic (exact) mass is 606 g/mol. The summed E-state index contributed by atoms with van der Waals surface area (Å²) in [5.74, 6) is -0.504. The lowest BCUT2D eigenvalue weighted by Gasteiger charge is -2.23. The maximum atomic E-state index is 13.5. The molecule has 0 aliphatic carbocycles. The van der Waals surface area contributed by atoms with Gasteiger partial charge in [-0.25, -0.2) is 4.98 Å². The number of carbonyl (C=O) groups is 2. The first-order chi connectivity index (χ1) is 18.9. The number of hydrogen-bond acceptors (Lipinski definition) is 7. The van der Waals surface area contributed by atoms with Crippen LogP contribution < -0.4 is 14.4 Å². The van der Waals surface area contributed by atoms with Crippen molar-refractivity contribution < 1.29 is 24.2 Å². The van der Waals surface area contributed by atoms with Gasteiger partial charge in [0.2, 0.25) is 0 Å². The smallest absolute Gasteiger partial charge is 0.301 e. The minimum absolute atomic E-state index is 0.00179. The third-order valence-electron chi connectivity index (χ3n) is 6.35. The highest BCUT2D eigenvalue weighted by Gasteiger charge is 2.48. The summed E-state index contributed by atoms with van der Waals surface area (Å²) < 4.78 is 13.0. The molecule has 39 heavy (non-hydrogen) atoms. The molecule has 4 aromatic rings. The van der Waals surface area contributed by atoms with E-state index in [1.165, 1.54) is 16.2 Å². The predicted octanol–water partition coefficient (Wildman–Crippen LogP) is 7.26. The molecule has 1 amide bonds. The number of nitrogens with zero attached hydrogens (tertiary/aromatic N) is 2. The third-order valence-corrected chi connectivity index (χ3v) is 7.86. The van der Waals surface area contributed by atoms with Crippen molar-refractivity contribution in [3.63, 3.8) is 0 Å². The van der Waals surface area contributed by atoms with Gasteiger partial charge in [0.25, 0.3) is 5.78 Å². The van der Waals surface area contributed by atoms with Crippen LogP contribution in [0, 0.1) is 0 Å². The maximum absolute atomic E-state index is 13.5. The molecule has 5 rings (SSSR count). The van der Waals surface area contributed by atoms with Crippen LogP contribution in [0.5, 0.6) is 11.5 Å². The normalized spacial score (nSPS) is 16.7. The van der Waals surface area contributed by atoms with E-state index < -0.39 is 17.7 Å². The number of hydrogen-bond donors (Lipinski definition) is 1. The quantitative estimate of drug-likeness (QED) is 0.0933. The molecule has 1 N–H and O–H groups in total. The largest absolute Gasteiger partial charge is 0.507 e. The number of unbranched alkanes of at least 4 members (excludes halogenated alkanes) is 1. The Kier molecular flexibility index (Phi) is 7.99. The summed E-state index contributed by atoms with van der Waals surface area (Å²) in [5.41, 5.74) is 1.74. The van der Waals surface area contributed by atoms with E-state index in [-0.39, 0.29) is 11.3 Å². The number of fused-ring (bicyclic) bond motifs is 1. The maximum Gasteiger partial charge on any atom is 0.301 e. The van der Waals surface area contributed by atoms with E-state index in [4.69, 9.17) is 9.47 Å². The fourth-order valence-corrected chi connectivity index (χ4v) is 5.93. The van der Waals surface area contributed by atoms with E-state index in [9.17, 15) is 14.7 Å². The van der Waals surface area contributed by atoms with Crippen LogP contribution >= 0.6 is 27.3 Å². The minimum atomic E-state index is -0.876. The fraction of sp³-hybridized carbons (Fsp3) is 0.233. The van der Waals surface area contributed by atoms with E-state index in [2.05, 4.69) is 27.8 Å². The minimum Gasteiger partial charge on any atom is -0.507 e. The Morgan fingerprint density at radius 3 is 2.59 bits per heavy atom. The topological polar surface area (TPSA) is 89.0 Å². The standard InChI is InChI=1S/C30H27BrN2O5S/c1-3-5-14-38-21-11-7-9-19(16-21)27(34)25-26(18-8-6-10-20(31)15-18)33(29(36)28(25)35)30-32-23-13-12-22(37-4-2)17-24(23)39-30/h6-13,15-17,26,34H,3-5,14H2,1-2H3. The SMILES string of the molecule is CCCCOc1cccc(C(O)=C2C(=O)C(=O)N(c3nc4ccc(OCC)cc4s3)C2c2cccc(Br)c2)c1. The first-order valence-electron chi connectivity index (χ1n) is 12.7. The van der Waals surface area contributed by atoms with Crippen molar-refractivity contribution >= 4 is 60.1 Å². The van der Waals surface area contributed by atoms with E-state index in [0.29, 0.717) is 46.5 Å². The summed E-state index contributed by atoms with van der Waals surface area (Å²) >= 11 is 4.79. The van der Waals surface area contributed by atoms with E-state index in [1.807, 2.05) is 49.4 Å². The van der Waals surface area contributed by atoms with Crippen LogP contribution in [0.2, 0.25) is 0 Å². The highest BCUT2D eigenvalue weighted by Crippen LogP contribution is 2.45. The molecule has 1 aromatic heterocycles. The number of Topliss-reactive ketones (excluding diaryl/α,β-unsaturated/α-hetero) is 1. The fourth-order valence-electron chi connectivity index (χ4n) is 4.50. The summed E-state index contributed by atoms with van der Waals surface area (Å²) in [6, 6.07) is 18.9. The Bertz CT molecular complexity index is 1580. The van der Waals surface area contributed by atoms with Crippen LogP contribution in [0.15, 0.2) is 76.8 Å². The first kappa shape index (κ1) is 26.9. The molecule has 9 heteroatoms. The average molecular weight is 608 g/mol. The number of carbonyl (C=O) groups excluding carboxylic acids is 2. The van der Waals surface area contributed by atoms with Gasteiger partial charge in [-0.3, -0.25) is 14.5 Å². The first-order valence-corrected chi connectivity index (χ1v) is 14.3. The second-order valence-corrected chi connectivity index (χ2v) is 10.9. The van der Waals surface area contributed by atoms with E-state index in [0.717, 1.165) is 22.0 Å². The summed E-state index contributed by atoms with van der Waals surface area (Å²) in [5, 5.41) is 11.8. The van der Waals surface area contributed by atoms with Crippen molar-refractivity contribution in [1.29, 1.82) is 0 Å². The summed E-state index contributed by atoms with van der Waals surface area (Å²) in [4.78, 5) is 33.1. The molecule has 1 saturated heterocycles. The van der Waals surface area contributed by atoms with Crippen molar-refractivity contribution in [1.82, 2.24) is 4.98 Å². The zero-order valence-corrected chi connectivity index (χ0v) is 23.9. The highest BCUT2D eigenvalue weighted by atomic mass is 79.9. The lowest BCUT2D eigenvalue weighted by Crippen LogP contribution is -2.29. The molecule has 0 saturated carbocycles. The molecule has 7 nitrogen and oxygen atoms in total. The molecule has 0 radical (unpaired) electrons. The molecule has 1 aliphatic rings. The Labute approximate surface area is 238 Å². The molecule has 0 bridgehead atoms. The number of ketones is 1. The lowest BCUT2D eigenvalue weighted by molar-refractivity contribution is -0.132. The van der Waals surface area contributed by atoms with Crippen LogP contribution in [0.1, 0.15) is 43.9 Å². The number of amides is 1. The summed E-state index contributed by atoms with van der Waals surface area (Å²) in [6.07, 6.45) is 1.90. The number of ether oxygens (including phenoxy) is 2. The van der Waals surface area contributed by atoms with Gasteiger partial charge >= 0.3 is 5.91 Å². The zero-order valence-electron chi connectivity index (χ0n) is 21.5. The highest BCUT2D eigenvalue weighted by molar-refractivity contribution is 9.10. The van der Waals surface area contributed by atoms with Crippen LogP contribution in [0.4, 0.5) is 5.13 Å². The summed E-state index contributed by atoms with van der Waals surface area (Å²) in [6.45, 7) is 5.06. The third kappa shape index (κ3) is 5.42.